The molecule has 3 heterocycles. The molecular formula is C23H28N4O2. The number of carbonyl (C=O) groups is 1. The van der Waals surface area contributed by atoms with Crippen LogP contribution in [0.4, 0.5) is 0 Å². The lowest BCUT2D eigenvalue weighted by molar-refractivity contribution is -0.134. The molecule has 2 aromatic heterocycles. The van der Waals surface area contributed by atoms with Gasteiger partial charge < -0.3 is 9.42 Å². The number of nitrogens with zero attached hydrogens (tertiary/aromatic N) is 4. The van der Waals surface area contributed by atoms with E-state index >= 15 is 0 Å². The molecule has 6 heteroatoms. The summed E-state index contributed by atoms with van der Waals surface area (Å²) in [5.74, 6) is 0.907. The molecule has 1 aliphatic rings. The van der Waals surface area contributed by atoms with E-state index in [1.54, 1.807) is 4.68 Å². The van der Waals surface area contributed by atoms with Crippen molar-refractivity contribution in [1.29, 1.82) is 0 Å². The second-order valence-corrected chi connectivity index (χ2v) is 8.09. The molecule has 0 saturated carbocycles. The molecule has 1 atom stereocenters. The molecule has 3 aromatic rings. The standard InChI is InChI=1S/C23H28N4O2/c1-15-8-7-9-18(12-15)13-21(28)27-11-6-5-10-20(27)22-19(14-26(4)24-22)23-16(2)17(3)25-29-23/h7-9,12,14,20H,5-6,10-11,13H2,1-4H3. The molecule has 1 aromatic carbocycles. The van der Waals surface area contributed by atoms with Crippen LogP contribution in [0.25, 0.3) is 11.3 Å². The summed E-state index contributed by atoms with van der Waals surface area (Å²) in [7, 11) is 1.91. The van der Waals surface area contributed by atoms with Gasteiger partial charge in [0, 0.05) is 25.4 Å². The maximum absolute atomic E-state index is 13.2. The Morgan fingerprint density at radius 1 is 1.24 bits per heavy atom. The van der Waals surface area contributed by atoms with Crippen LogP contribution in [0.3, 0.4) is 0 Å². The van der Waals surface area contributed by atoms with E-state index in [0.717, 1.165) is 59.6 Å². The first kappa shape index (κ1) is 19.4. The van der Waals surface area contributed by atoms with Crippen molar-refractivity contribution in [1.82, 2.24) is 19.8 Å². The predicted molar refractivity (Wildman–Crippen MR) is 111 cm³/mol. The molecule has 152 valence electrons. The Balaban J connectivity index is 1.66. The Labute approximate surface area is 171 Å². The van der Waals surface area contributed by atoms with Crippen LogP contribution in [0.15, 0.2) is 35.0 Å². The minimum absolute atomic E-state index is 0.0398. The minimum atomic E-state index is -0.0398. The number of hydrogen-bond acceptors (Lipinski definition) is 4. The van der Waals surface area contributed by atoms with E-state index in [4.69, 9.17) is 9.62 Å². The molecule has 1 amide bonds. The average molecular weight is 393 g/mol. The van der Waals surface area contributed by atoms with Crippen molar-refractivity contribution >= 4 is 5.91 Å². The number of hydrogen-bond donors (Lipinski definition) is 0. The third kappa shape index (κ3) is 3.84. The van der Waals surface area contributed by atoms with Gasteiger partial charge in [0.05, 0.1) is 29.4 Å². The van der Waals surface area contributed by atoms with Crippen LogP contribution in [0.1, 0.15) is 53.4 Å². The quantitative estimate of drug-likeness (QED) is 0.664. The van der Waals surface area contributed by atoms with Crippen LogP contribution < -0.4 is 0 Å². The van der Waals surface area contributed by atoms with Crippen molar-refractivity contribution in [3.8, 4) is 11.3 Å². The van der Waals surface area contributed by atoms with Crippen LogP contribution in [0, 0.1) is 20.8 Å². The molecular weight excluding hydrogens is 364 g/mol. The maximum Gasteiger partial charge on any atom is 0.227 e. The average Bonchev–Trinajstić information content (AvgIpc) is 3.24. The van der Waals surface area contributed by atoms with E-state index in [2.05, 4.69) is 24.2 Å². The Morgan fingerprint density at radius 2 is 2.07 bits per heavy atom. The molecule has 1 aliphatic heterocycles. The van der Waals surface area contributed by atoms with Crippen LogP contribution >= 0.6 is 0 Å². The van der Waals surface area contributed by atoms with Crippen LogP contribution in [0.5, 0.6) is 0 Å². The topological polar surface area (TPSA) is 64.2 Å². The van der Waals surface area contributed by atoms with Gasteiger partial charge in [-0.05, 0) is 45.6 Å². The summed E-state index contributed by atoms with van der Waals surface area (Å²) < 4.78 is 7.43. The molecule has 1 saturated heterocycles. The monoisotopic (exact) mass is 392 g/mol. The zero-order valence-corrected chi connectivity index (χ0v) is 17.6. The number of carbonyl (C=O) groups excluding carboxylic acids is 1. The Hall–Kier alpha value is -2.89. The highest BCUT2D eigenvalue weighted by Crippen LogP contribution is 2.37. The SMILES string of the molecule is Cc1cccc(CC(=O)N2CCCCC2c2nn(C)cc2-c2onc(C)c2C)c1. The lowest BCUT2D eigenvalue weighted by atomic mass is 9.94. The van der Waals surface area contributed by atoms with E-state index < -0.39 is 0 Å². The van der Waals surface area contributed by atoms with E-state index in [0.29, 0.717) is 6.42 Å². The first-order chi connectivity index (χ1) is 13.9. The van der Waals surface area contributed by atoms with E-state index in [1.807, 2.05) is 44.1 Å². The van der Waals surface area contributed by atoms with Gasteiger partial charge in [-0.1, -0.05) is 35.0 Å². The van der Waals surface area contributed by atoms with Gasteiger partial charge >= 0.3 is 0 Å². The van der Waals surface area contributed by atoms with E-state index in [-0.39, 0.29) is 11.9 Å². The number of amides is 1. The molecule has 6 nitrogen and oxygen atoms in total. The highest BCUT2D eigenvalue weighted by molar-refractivity contribution is 5.80. The van der Waals surface area contributed by atoms with Crippen molar-refractivity contribution in [2.24, 2.45) is 7.05 Å². The zero-order chi connectivity index (χ0) is 20.5. The summed E-state index contributed by atoms with van der Waals surface area (Å²) in [6, 6.07) is 8.14. The molecule has 0 N–H and O–H groups in total. The lowest BCUT2D eigenvalue weighted by Gasteiger charge is -2.35. The fourth-order valence-electron chi connectivity index (χ4n) is 4.21. The first-order valence-electron chi connectivity index (χ1n) is 10.3. The van der Waals surface area contributed by atoms with Gasteiger partial charge in [-0.2, -0.15) is 5.10 Å². The second-order valence-electron chi connectivity index (χ2n) is 8.09. The van der Waals surface area contributed by atoms with Gasteiger partial charge in [0.2, 0.25) is 5.91 Å². The second kappa shape index (κ2) is 7.85. The van der Waals surface area contributed by atoms with Gasteiger partial charge in [-0.15, -0.1) is 0 Å². The van der Waals surface area contributed by atoms with Gasteiger partial charge in [-0.25, -0.2) is 0 Å². The maximum atomic E-state index is 13.2. The van der Waals surface area contributed by atoms with Crippen LogP contribution in [-0.4, -0.2) is 32.3 Å². The molecule has 1 unspecified atom stereocenters. The molecule has 0 radical (unpaired) electrons. The van der Waals surface area contributed by atoms with Crippen molar-refractivity contribution in [3.05, 3.63) is 58.5 Å². The Morgan fingerprint density at radius 3 is 2.79 bits per heavy atom. The summed E-state index contributed by atoms with van der Waals surface area (Å²) in [5, 5.41) is 8.86. The van der Waals surface area contributed by atoms with Gasteiger partial charge in [0.25, 0.3) is 0 Å². The fourth-order valence-corrected chi connectivity index (χ4v) is 4.21. The molecule has 29 heavy (non-hydrogen) atoms. The largest absolute Gasteiger partial charge is 0.356 e. The number of benzene rings is 1. The highest BCUT2D eigenvalue weighted by atomic mass is 16.5. The van der Waals surface area contributed by atoms with Gasteiger partial charge in [0.15, 0.2) is 5.76 Å². The summed E-state index contributed by atoms with van der Waals surface area (Å²) in [4.78, 5) is 15.3. The smallest absolute Gasteiger partial charge is 0.227 e. The third-order valence-corrected chi connectivity index (χ3v) is 5.84. The number of aromatic nitrogens is 3. The first-order valence-corrected chi connectivity index (χ1v) is 10.3. The Kier molecular flexibility index (Phi) is 5.26. The van der Waals surface area contributed by atoms with Crippen molar-refractivity contribution in [2.45, 2.75) is 52.5 Å². The van der Waals surface area contributed by atoms with Crippen LogP contribution in [0.2, 0.25) is 0 Å². The lowest BCUT2D eigenvalue weighted by Crippen LogP contribution is -2.39. The minimum Gasteiger partial charge on any atom is -0.356 e. The van der Waals surface area contributed by atoms with Crippen molar-refractivity contribution in [3.63, 3.8) is 0 Å². The fraction of sp³-hybridized carbons (Fsp3) is 0.435. The number of rotatable bonds is 4. The highest BCUT2D eigenvalue weighted by Gasteiger charge is 2.33. The predicted octanol–water partition coefficient (Wildman–Crippen LogP) is 4.30. The van der Waals surface area contributed by atoms with Crippen molar-refractivity contribution in [2.75, 3.05) is 6.54 Å². The normalized spacial score (nSPS) is 17.0. The number of aryl methyl sites for hydroxylation is 3. The van der Waals surface area contributed by atoms with Crippen molar-refractivity contribution < 1.29 is 9.32 Å². The number of likely N-dealkylation sites (tertiary alicyclic amines) is 1. The summed E-state index contributed by atoms with van der Waals surface area (Å²) >= 11 is 0. The summed E-state index contributed by atoms with van der Waals surface area (Å²) in [6.45, 7) is 6.77. The number of piperidine rings is 1. The van der Waals surface area contributed by atoms with Gasteiger partial charge in [-0.3, -0.25) is 9.48 Å². The van der Waals surface area contributed by atoms with E-state index in [9.17, 15) is 4.79 Å². The molecule has 0 spiro atoms. The van der Waals surface area contributed by atoms with Crippen LogP contribution in [-0.2, 0) is 18.3 Å². The molecule has 0 bridgehead atoms. The van der Waals surface area contributed by atoms with E-state index in [1.165, 1.54) is 5.56 Å². The van der Waals surface area contributed by atoms with Gasteiger partial charge in [0.1, 0.15) is 0 Å². The zero-order valence-electron chi connectivity index (χ0n) is 17.6. The third-order valence-electron chi connectivity index (χ3n) is 5.84. The molecule has 4 rings (SSSR count). The Bertz CT molecular complexity index is 1030. The summed E-state index contributed by atoms with van der Waals surface area (Å²) in [6.07, 6.45) is 5.42. The summed E-state index contributed by atoms with van der Waals surface area (Å²) in [5.41, 5.74) is 5.98. The molecule has 0 aliphatic carbocycles. The molecule has 1 fully saturated rings.